The van der Waals surface area contributed by atoms with E-state index in [-0.39, 0.29) is 11.4 Å². The van der Waals surface area contributed by atoms with Crippen molar-refractivity contribution >= 4 is 33.1 Å². The normalized spacial score (nSPS) is 17.2. The van der Waals surface area contributed by atoms with Gasteiger partial charge in [0.15, 0.2) is 0 Å². The van der Waals surface area contributed by atoms with Gasteiger partial charge in [0.05, 0.1) is 26.7 Å². The Hall–Kier alpha value is -3.79. The molecule has 2 heterocycles. The first-order chi connectivity index (χ1) is 17.0. The molecule has 2 amide bonds. The number of hydrogen-bond acceptors (Lipinski definition) is 6. The molecule has 36 heavy (non-hydrogen) atoms. The highest BCUT2D eigenvalue weighted by atomic mass is 32.2. The van der Waals surface area contributed by atoms with E-state index in [9.17, 15) is 18.2 Å². The summed E-state index contributed by atoms with van der Waals surface area (Å²) in [5.74, 6) is -0.379. The van der Waals surface area contributed by atoms with Crippen LogP contribution in [0.3, 0.4) is 0 Å². The van der Waals surface area contributed by atoms with E-state index >= 15 is 0 Å². The minimum absolute atomic E-state index is 0.246. The minimum atomic E-state index is -2.51. The van der Waals surface area contributed by atoms with E-state index in [1.54, 1.807) is 63.2 Å². The van der Waals surface area contributed by atoms with Crippen LogP contribution in [0.1, 0.15) is 37.6 Å². The summed E-state index contributed by atoms with van der Waals surface area (Å²) in [4.78, 5) is 29.7. The molecule has 10 heteroatoms. The van der Waals surface area contributed by atoms with Crippen LogP contribution in [0.4, 0.5) is 20.6 Å². The average molecular weight is 511 g/mol. The second-order valence-corrected chi connectivity index (χ2v) is 11.6. The highest BCUT2D eigenvalue weighted by molar-refractivity contribution is 7.93. The number of pyridine rings is 1. The molecule has 1 aliphatic rings. The molecular formula is C26H27FN4O4S. The van der Waals surface area contributed by atoms with Gasteiger partial charge in [-0.1, -0.05) is 18.2 Å². The third kappa shape index (κ3) is 6.06. The quantitative estimate of drug-likeness (QED) is 0.456. The van der Waals surface area contributed by atoms with Crippen LogP contribution in [-0.4, -0.2) is 39.1 Å². The number of amides is 2. The molecule has 1 atom stereocenters. The number of rotatable bonds is 5. The Bertz CT molecular complexity index is 1410. The smallest absolute Gasteiger partial charge is 0.412 e. The monoisotopic (exact) mass is 510 g/mol. The number of benzene rings is 2. The van der Waals surface area contributed by atoms with Gasteiger partial charge < -0.3 is 10.1 Å². The van der Waals surface area contributed by atoms with Crippen molar-refractivity contribution in [1.82, 2.24) is 4.98 Å². The van der Waals surface area contributed by atoms with E-state index in [1.807, 2.05) is 0 Å². The van der Waals surface area contributed by atoms with Crippen molar-refractivity contribution in [3.8, 4) is 11.1 Å². The van der Waals surface area contributed by atoms with E-state index in [2.05, 4.69) is 20.0 Å². The number of carbonyl (C=O) groups excluding carboxylic acids is 2. The van der Waals surface area contributed by atoms with Gasteiger partial charge in [-0.2, -0.15) is 0 Å². The zero-order valence-corrected chi connectivity index (χ0v) is 21.0. The number of halogens is 1. The van der Waals surface area contributed by atoms with Crippen LogP contribution in [0.5, 0.6) is 0 Å². The summed E-state index contributed by atoms with van der Waals surface area (Å²) in [5, 5.41) is 5.82. The van der Waals surface area contributed by atoms with Crippen molar-refractivity contribution in [3.63, 3.8) is 0 Å². The Morgan fingerprint density at radius 3 is 2.31 bits per heavy atom. The SMILES string of the molecule is CC(C)(C)OC(=O)Nc1ccc(-c2ccc(F)cc2)cc1NC(=O)c1ccc(S2(=O)=NCCC2)nc1. The number of hydrogen-bond donors (Lipinski definition) is 2. The summed E-state index contributed by atoms with van der Waals surface area (Å²) in [6, 6.07) is 14.1. The van der Waals surface area contributed by atoms with Crippen LogP contribution in [0.25, 0.3) is 11.1 Å². The van der Waals surface area contributed by atoms with E-state index in [0.29, 0.717) is 34.3 Å². The second-order valence-electron chi connectivity index (χ2n) is 9.28. The number of ether oxygens (including phenoxy) is 1. The van der Waals surface area contributed by atoms with E-state index < -0.39 is 27.3 Å². The van der Waals surface area contributed by atoms with Crippen LogP contribution in [-0.2, 0) is 14.5 Å². The Kier molecular flexibility index (Phi) is 7.07. The fourth-order valence-electron chi connectivity index (χ4n) is 3.60. The molecule has 0 bridgehead atoms. The summed E-state index contributed by atoms with van der Waals surface area (Å²) in [5.41, 5.74) is 1.60. The van der Waals surface area contributed by atoms with Crippen molar-refractivity contribution in [2.75, 3.05) is 22.9 Å². The summed E-state index contributed by atoms with van der Waals surface area (Å²) in [7, 11) is -2.51. The van der Waals surface area contributed by atoms with Gasteiger partial charge in [0.2, 0.25) is 0 Å². The molecule has 0 aliphatic carbocycles. The molecule has 1 aliphatic heterocycles. The van der Waals surface area contributed by atoms with E-state index in [0.717, 1.165) is 12.0 Å². The lowest BCUT2D eigenvalue weighted by Gasteiger charge is -2.21. The maximum absolute atomic E-state index is 13.4. The van der Waals surface area contributed by atoms with Gasteiger partial charge >= 0.3 is 6.09 Å². The van der Waals surface area contributed by atoms with Crippen LogP contribution < -0.4 is 10.6 Å². The first kappa shape index (κ1) is 25.3. The van der Waals surface area contributed by atoms with Crippen LogP contribution >= 0.6 is 0 Å². The second kappa shape index (κ2) is 10.1. The summed E-state index contributed by atoms with van der Waals surface area (Å²) in [6.45, 7) is 5.78. The van der Waals surface area contributed by atoms with Crippen LogP contribution in [0.15, 0.2) is 70.2 Å². The topological polar surface area (TPSA) is 110 Å². The third-order valence-corrected chi connectivity index (χ3v) is 7.62. The first-order valence-corrected chi connectivity index (χ1v) is 13.1. The lowest BCUT2D eigenvalue weighted by atomic mass is 10.0. The molecule has 0 saturated heterocycles. The fourth-order valence-corrected chi connectivity index (χ4v) is 5.51. The van der Waals surface area contributed by atoms with Gasteiger partial charge in [-0.15, -0.1) is 0 Å². The van der Waals surface area contributed by atoms with Gasteiger partial charge in [0, 0.05) is 18.5 Å². The highest BCUT2D eigenvalue weighted by Gasteiger charge is 2.21. The molecule has 8 nitrogen and oxygen atoms in total. The minimum Gasteiger partial charge on any atom is -0.444 e. The predicted molar refractivity (Wildman–Crippen MR) is 137 cm³/mol. The Labute approximate surface area is 209 Å². The van der Waals surface area contributed by atoms with Crippen molar-refractivity contribution in [2.45, 2.75) is 37.8 Å². The first-order valence-electron chi connectivity index (χ1n) is 11.4. The molecule has 3 aromatic rings. The number of aromatic nitrogens is 1. The van der Waals surface area contributed by atoms with Crippen LogP contribution in [0, 0.1) is 5.82 Å². The lowest BCUT2D eigenvalue weighted by molar-refractivity contribution is 0.0635. The summed E-state index contributed by atoms with van der Waals surface area (Å²) in [6.07, 6.45) is 1.43. The molecule has 0 fully saturated rings. The van der Waals surface area contributed by atoms with Gasteiger partial charge in [-0.25, -0.2) is 22.7 Å². The molecule has 0 radical (unpaired) electrons. The summed E-state index contributed by atoms with van der Waals surface area (Å²) >= 11 is 0. The maximum atomic E-state index is 13.4. The fraction of sp³-hybridized carbons (Fsp3) is 0.269. The number of nitrogens with zero attached hydrogens (tertiary/aromatic N) is 2. The molecule has 2 aromatic carbocycles. The maximum Gasteiger partial charge on any atom is 0.412 e. The van der Waals surface area contributed by atoms with Crippen molar-refractivity contribution in [2.24, 2.45) is 4.36 Å². The van der Waals surface area contributed by atoms with Crippen molar-refractivity contribution in [1.29, 1.82) is 0 Å². The standard InChI is InChI=1S/C26H27FN4O4S/c1-26(2,3)35-25(33)31-21-11-7-18(17-5-9-20(27)10-6-17)15-22(21)30-24(32)19-8-12-23(28-16-19)36(34)14-4-13-29-36/h5-12,15-16H,4,13-14H2,1-3H3,(H,30,32)(H,31,33). The van der Waals surface area contributed by atoms with E-state index in [1.165, 1.54) is 18.3 Å². The average Bonchev–Trinajstić information content (AvgIpc) is 3.27. The van der Waals surface area contributed by atoms with Gasteiger partial charge in [0.1, 0.15) is 16.4 Å². The molecule has 0 saturated carbocycles. The largest absolute Gasteiger partial charge is 0.444 e. The predicted octanol–water partition coefficient (Wildman–Crippen LogP) is 5.72. The zero-order valence-electron chi connectivity index (χ0n) is 20.2. The molecule has 2 N–H and O–H groups in total. The molecule has 0 spiro atoms. The lowest BCUT2D eigenvalue weighted by Crippen LogP contribution is -2.27. The molecular weight excluding hydrogens is 483 g/mol. The molecule has 4 rings (SSSR count). The van der Waals surface area contributed by atoms with Gasteiger partial charge in [0.25, 0.3) is 5.91 Å². The van der Waals surface area contributed by atoms with E-state index in [4.69, 9.17) is 4.74 Å². The third-order valence-electron chi connectivity index (χ3n) is 5.29. The Morgan fingerprint density at radius 2 is 1.69 bits per heavy atom. The van der Waals surface area contributed by atoms with Crippen molar-refractivity contribution < 1.29 is 22.9 Å². The number of anilines is 2. The summed E-state index contributed by atoms with van der Waals surface area (Å²) < 4.78 is 35.7. The van der Waals surface area contributed by atoms with Crippen molar-refractivity contribution in [3.05, 3.63) is 72.2 Å². The Balaban J connectivity index is 1.62. The number of nitrogens with one attached hydrogen (secondary N) is 2. The molecule has 1 aromatic heterocycles. The Morgan fingerprint density at radius 1 is 0.972 bits per heavy atom. The zero-order chi connectivity index (χ0) is 25.9. The number of carbonyl (C=O) groups is 2. The molecule has 188 valence electrons. The van der Waals surface area contributed by atoms with Crippen LogP contribution in [0.2, 0.25) is 0 Å². The molecule has 1 unspecified atom stereocenters. The van der Waals surface area contributed by atoms with Gasteiger partial charge in [-0.05, 0) is 74.7 Å². The van der Waals surface area contributed by atoms with Gasteiger partial charge in [-0.3, -0.25) is 10.1 Å². The highest BCUT2D eigenvalue weighted by Crippen LogP contribution is 2.30.